The van der Waals surface area contributed by atoms with Crippen LogP contribution < -0.4 is 15.4 Å². The van der Waals surface area contributed by atoms with E-state index >= 15 is 0 Å². The highest BCUT2D eigenvalue weighted by molar-refractivity contribution is 5.76. The van der Waals surface area contributed by atoms with Gasteiger partial charge < -0.3 is 15.4 Å². The van der Waals surface area contributed by atoms with Gasteiger partial charge >= 0.3 is 0 Å². The van der Waals surface area contributed by atoms with Crippen LogP contribution in [0.3, 0.4) is 0 Å². The fourth-order valence-electron chi connectivity index (χ4n) is 1.93. The van der Waals surface area contributed by atoms with Gasteiger partial charge in [0.1, 0.15) is 12.4 Å². The van der Waals surface area contributed by atoms with Crippen LogP contribution in [-0.4, -0.2) is 31.1 Å². The minimum atomic E-state index is -0.00219. The lowest BCUT2D eigenvalue weighted by Gasteiger charge is -2.17. The standard InChI is InChI=1S/C16H26N2O2/c1-5-17-13(3)10-16(19)18-14(4)11-20-15-8-6-12(2)7-9-15/h6-9,13-14,17H,5,10-11H2,1-4H3,(H,18,19). The SMILES string of the molecule is CCNC(C)CC(=O)NC(C)COc1ccc(C)cc1. The van der Waals surface area contributed by atoms with Crippen molar-refractivity contribution in [2.45, 2.75) is 46.2 Å². The first-order chi connectivity index (χ1) is 9.51. The van der Waals surface area contributed by atoms with Gasteiger partial charge in [0.05, 0.1) is 6.04 Å². The van der Waals surface area contributed by atoms with Crippen molar-refractivity contribution in [3.63, 3.8) is 0 Å². The number of hydrogen-bond donors (Lipinski definition) is 2. The molecule has 0 aliphatic rings. The molecule has 0 saturated heterocycles. The van der Waals surface area contributed by atoms with Crippen molar-refractivity contribution in [2.75, 3.05) is 13.2 Å². The van der Waals surface area contributed by atoms with Crippen LogP contribution in [-0.2, 0) is 4.79 Å². The van der Waals surface area contributed by atoms with E-state index in [-0.39, 0.29) is 18.0 Å². The highest BCUT2D eigenvalue weighted by Crippen LogP contribution is 2.11. The van der Waals surface area contributed by atoms with Crippen molar-refractivity contribution in [1.82, 2.24) is 10.6 Å². The topological polar surface area (TPSA) is 50.4 Å². The zero-order valence-corrected chi connectivity index (χ0v) is 12.9. The summed E-state index contributed by atoms with van der Waals surface area (Å²) in [6.45, 7) is 9.38. The Labute approximate surface area is 121 Å². The van der Waals surface area contributed by atoms with Gasteiger partial charge in [-0.3, -0.25) is 4.79 Å². The number of aryl methyl sites for hydroxylation is 1. The van der Waals surface area contributed by atoms with Gasteiger partial charge in [-0.2, -0.15) is 0 Å². The summed E-state index contributed by atoms with van der Waals surface area (Å²) in [5.74, 6) is 0.885. The minimum absolute atomic E-state index is 0.00219. The predicted octanol–water partition coefficient (Wildman–Crippen LogP) is 2.27. The van der Waals surface area contributed by atoms with E-state index in [0.717, 1.165) is 12.3 Å². The zero-order valence-electron chi connectivity index (χ0n) is 12.9. The average molecular weight is 278 g/mol. The summed E-state index contributed by atoms with van der Waals surface area (Å²) in [7, 11) is 0. The Morgan fingerprint density at radius 2 is 1.85 bits per heavy atom. The van der Waals surface area contributed by atoms with E-state index in [2.05, 4.69) is 10.6 Å². The van der Waals surface area contributed by atoms with Crippen molar-refractivity contribution >= 4 is 5.91 Å². The highest BCUT2D eigenvalue weighted by Gasteiger charge is 2.11. The van der Waals surface area contributed by atoms with E-state index in [0.29, 0.717) is 13.0 Å². The molecule has 4 heteroatoms. The van der Waals surface area contributed by atoms with Crippen LogP contribution in [0, 0.1) is 6.92 Å². The first kappa shape index (κ1) is 16.5. The lowest BCUT2D eigenvalue weighted by Crippen LogP contribution is -2.40. The second-order valence-electron chi connectivity index (χ2n) is 5.26. The summed E-state index contributed by atoms with van der Waals surface area (Å²) >= 11 is 0. The molecule has 0 spiro atoms. The molecule has 0 bridgehead atoms. The third-order valence-electron chi connectivity index (χ3n) is 2.97. The van der Waals surface area contributed by atoms with Gasteiger partial charge in [-0.05, 0) is 39.4 Å². The van der Waals surface area contributed by atoms with Crippen LogP contribution >= 0.6 is 0 Å². The van der Waals surface area contributed by atoms with Crippen molar-refractivity contribution in [3.8, 4) is 5.75 Å². The molecule has 20 heavy (non-hydrogen) atoms. The Hall–Kier alpha value is -1.55. The third-order valence-corrected chi connectivity index (χ3v) is 2.97. The van der Waals surface area contributed by atoms with Gasteiger partial charge in [-0.15, -0.1) is 0 Å². The molecule has 2 atom stereocenters. The van der Waals surface area contributed by atoms with Gasteiger partial charge in [-0.25, -0.2) is 0 Å². The normalized spacial score (nSPS) is 13.6. The van der Waals surface area contributed by atoms with Crippen molar-refractivity contribution < 1.29 is 9.53 Å². The minimum Gasteiger partial charge on any atom is -0.491 e. The van der Waals surface area contributed by atoms with E-state index in [1.807, 2.05) is 52.0 Å². The molecule has 0 heterocycles. The number of nitrogens with one attached hydrogen (secondary N) is 2. The van der Waals surface area contributed by atoms with Gasteiger partial charge in [0, 0.05) is 12.5 Å². The van der Waals surface area contributed by atoms with E-state index in [1.54, 1.807) is 0 Å². The van der Waals surface area contributed by atoms with Crippen molar-refractivity contribution in [3.05, 3.63) is 29.8 Å². The predicted molar refractivity (Wildman–Crippen MR) is 82.0 cm³/mol. The maximum Gasteiger partial charge on any atom is 0.221 e. The van der Waals surface area contributed by atoms with Crippen LogP contribution in [0.1, 0.15) is 32.8 Å². The second kappa shape index (κ2) is 8.59. The lowest BCUT2D eigenvalue weighted by molar-refractivity contribution is -0.122. The van der Waals surface area contributed by atoms with Crippen LogP contribution in [0.2, 0.25) is 0 Å². The molecule has 0 aromatic heterocycles. The fourth-order valence-corrected chi connectivity index (χ4v) is 1.93. The lowest BCUT2D eigenvalue weighted by atomic mass is 10.2. The molecule has 0 fully saturated rings. The number of hydrogen-bond acceptors (Lipinski definition) is 3. The number of rotatable bonds is 8. The number of carbonyl (C=O) groups is 1. The Morgan fingerprint density at radius 3 is 2.45 bits per heavy atom. The molecule has 1 amide bonds. The Morgan fingerprint density at radius 1 is 1.20 bits per heavy atom. The first-order valence-electron chi connectivity index (χ1n) is 7.23. The largest absolute Gasteiger partial charge is 0.491 e. The van der Waals surface area contributed by atoms with Crippen molar-refractivity contribution in [2.24, 2.45) is 0 Å². The first-order valence-corrected chi connectivity index (χ1v) is 7.23. The molecule has 4 nitrogen and oxygen atoms in total. The molecule has 112 valence electrons. The molecular weight excluding hydrogens is 252 g/mol. The molecule has 1 aromatic rings. The summed E-state index contributed by atoms with van der Waals surface area (Å²) in [5, 5.41) is 6.17. The summed E-state index contributed by atoms with van der Waals surface area (Å²) in [5.41, 5.74) is 1.20. The second-order valence-corrected chi connectivity index (χ2v) is 5.26. The number of ether oxygens (including phenoxy) is 1. The maximum absolute atomic E-state index is 11.8. The Balaban J connectivity index is 2.27. The van der Waals surface area contributed by atoms with Gasteiger partial charge in [0.15, 0.2) is 0 Å². The van der Waals surface area contributed by atoms with Crippen molar-refractivity contribution in [1.29, 1.82) is 0 Å². The van der Waals surface area contributed by atoms with E-state index in [9.17, 15) is 4.79 Å². The average Bonchev–Trinajstić information content (AvgIpc) is 2.38. The third kappa shape index (κ3) is 6.57. The van der Waals surface area contributed by atoms with E-state index in [1.165, 1.54) is 5.56 Å². The molecule has 0 saturated carbocycles. The summed E-state index contributed by atoms with van der Waals surface area (Å²) < 4.78 is 5.65. The van der Waals surface area contributed by atoms with Crippen LogP contribution in [0.25, 0.3) is 0 Å². The Kier molecular flexibility index (Phi) is 7.09. The molecule has 1 rings (SSSR count). The fraction of sp³-hybridized carbons (Fsp3) is 0.562. The molecule has 1 aromatic carbocycles. The quantitative estimate of drug-likeness (QED) is 0.767. The molecule has 2 unspecified atom stereocenters. The van der Waals surface area contributed by atoms with E-state index in [4.69, 9.17) is 4.74 Å². The van der Waals surface area contributed by atoms with Gasteiger partial charge in [-0.1, -0.05) is 24.6 Å². The Bertz CT molecular complexity index is 403. The summed E-state index contributed by atoms with van der Waals surface area (Å²) in [6, 6.07) is 8.10. The molecule has 0 aliphatic carbocycles. The maximum atomic E-state index is 11.8. The smallest absolute Gasteiger partial charge is 0.221 e. The van der Waals surface area contributed by atoms with Crippen LogP contribution in [0.5, 0.6) is 5.75 Å². The zero-order chi connectivity index (χ0) is 15.0. The van der Waals surface area contributed by atoms with E-state index < -0.39 is 0 Å². The summed E-state index contributed by atoms with van der Waals surface area (Å²) in [4.78, 5) is 11.8. The highest BCUT2D eigenvalue weighted by atomic mass is 16.5. The van der Waals surface area contributed by atoms with Crippen LogP contribution in [0.15, 0.2) is 24.3 Å². The number of benzene rings is 1. The monoisotopic (exact) mass is 278 g/mol. The molecule has 2 N–H and O–H groups in total. The molecule has 0 aliphatic heterocycles. The van der Waals surface area contributed by atoms with Gasteiger partial charge in [0.25, 0.3) is 0 Å². The summed E-state index contributed by atoms with van der Waals surface area (Å²) in [6.07, 6.45) is 0.489. The number of carbonyl (C=O) groups excluding carboxylic acids is 1. The molecule has 0 radical (unpaired) electrons. The number of amides is 1. The van der Waals surface area contributed by atoms with Crippen LogP contribution in [0.4, 0.5) is 0 Å². The molecular formula is C16H26N2O2. The van der Waals surface area contributed by atoms with Gasteiger partial charge in [0.2, 0.25) is 5.91 Å².